The van der Waals surface area contributed by atoms with E-state index in [0.29, 0.717) is 0 Å². The summed E-state index contributed by atoms with van der Waals surface area (Å²) >= 11 is 0. The molecule has 2 nitrogen and oxygen atoms in total. The summed E-state index contributed by atoms with van der Waals surface area (Å²) in [5, 5.41) is 0. The first-order valence-corrected chi connectivity index (χ1v) is 5.59. The van der Waals surface area contributed by atoms with Gasteiger partial charge in [-0.05, 0) is 26.3 Å². The fourth-order valence-corrected chi connectivity index (χ4v) is 2.15. The number of ether oxygens (including phenoxy) is 1. The van der Waals surface area contributed by atoms with E-state index in [0.717, 1.165) is 24.2 Å². The number of fused-ring (bicyclic) bond motifs is 1. The summed E-state index contributed by atoms with van der Waals surface area (Å²) in [5.74, 6) is 0.962. The van der Waals surface area contributed by atoms with Crippen LogP contribution in [0.3, 0.4) is 0 Å². The van der Waals surface area contributed by atoms with Gasteiger partial charge in [-0.15, -0.1) is 0 Å². The van der Waals surface area contributed by atoms with Gasteiger partial charge in [-0.25, -0.2) is 0 Å². The van der Waals surface area contributed by atoms with Gasteiger partial charge in [0.25, 0.3) is 0 Å². The highest BCUT2D eigenvalue weighted by atomic mass is 16.5. The van der Waals surface area contributed by atoms with Crippen molar-refractivity contribution in [3.63, 3.8) is 0 Å². The highest BCUT2D eigenvalue weighted by Crippen LogP contribution is 2.39. The van der Waals surface area contributed by atoms with Crippen molar-refractivity contribution in [1.29, 1.82) is 0 Å². The van der Waals surface area contributed by atoms with Crippen LogP contribution in [0, 0.1) is 6.92 Å². The number of benzene rings is 1. The van der Waals surface area contributed by atoms with Crippen LogP contribution >= 0.6 is 0 Å². The largest absolute Gasteiger partial charge is 0.487 e. The van der Waals surface area contributed by atoms with E-state index < -0.39 is 0 Å². The van der Waals surface area contributed by atoms with Crippen LogP contribution in [0.15, 0.2) is 18.2 Å². The van der Waals surface area contributed by atoms with E-state index in [-0.39, 0.29) is 11.6 Å². The van der Waals surface area contributed by atoms with Gasteiger partial charge in [0.05, 0.1) is 0 Å². The van der Waals surface area contributed by atoms with Crippen molar-refractivity contribution < 1.29 is 4.74 Å². The second-order valence-corrected chi connectivity index (χ2v) is 4.76. The SMILES string of the molecule is CCC1(C)C[C@H](N)c2cc(C)ccc2O1. The van der Waals surface area contributed by atoms with Crippen molar-refractivity contribution in [2.75, 3.05) is 0 Å². The number of nitrogens with two attached hydrogens (primary N) is 1. The van der Waals surface area contributed by atoms with E-state index in [1.54, 1.807) is 0 Å². The molecule has 0 spiro atoms. The molecule has 1 aliphatic rings. The molecule has 2 N–H and O–H groups in total. The Labute approximate surface area is 91.4 Å². The van der Waals surface area contributed by atoms with E-state index in [9.17, 15) is 0 Å². The fourth-order valence-electron chi connectivity index (χ4n) is 2.15. The third-order valence-electron chi connectivity index (χ3n) is 3.32. The van der Waals surface area contributed by atoms with Gasteiger partial charge < -0.3 is 10.5 Å². The molecule has 1 aromatic rings. The Morgan fingerprint density at radius 1 is 1.53 bits per heavy atom. The molecule has 1 heterocycles. The Morgan fingerprint density at radius 2 is 2.27 bits per heavy atom. The third kappa shape index (κ3) is 1.86. The minimum Gasteiger partial charge on any atom is -0.487 e. The second kappa shape index (κ2) is 3.53. The Hall–Kier alpha value is -1.02. The molecule has 0 amide bonds. The van der Waals surface area contributed by atoms with Gasteiger partial charge in [-0.2, -0.15) is 0 Å². The summed E-state index contributed by atoms with van der Waals surface area (Å²) in [6.07, 6.45) is 1.90. The predicted molar refractivity (Wildman–Crippen MR) is 62.0 cm³/mol. The number of aryl methyl sites for hydroxylation is 1. The Morgan fingerprint density at radius 3 is 2.93 bits per heavy atom. The second-order valence-electron chi connectivity index (χ2n) is 4.76. The fraction of sp³-hybridized carbons (Fsp3) is 0.538. The molecular weight excluding hydrogens is 186 g/mol. The number of rotatable bonds is 1. The lowest BCUT2D eigenvalue weighted by atomic mass is 9.87. The van der Waals surface area contributed by atoms with Crippen molar-refractivity contribution in [2.24, 2.45) is 5.73 Å². The minimum atomic E-state index is -0.0956. The van der Waals surface area contributed by atoms with E-state index in [2.05, 4.69) is 32.9 Å². The van der Waals surface area contributed by atoms with Gasteiger partial charge >= 0.3 is 0 Å². The van der Waals surface area contributed by atoms with Crippen LogP contribution in [0.1, 0.15) is 43.9 Å². The van der Waals surface area contributed by atoms with Gasteiger partial charge in [0, 0.05) is 18.0 Å². The van der Waals surface area contributed by atoms with Crippen molar-refractivity contribution in [1.82, 2.24) is 0 Å². The summed E-state index contributed by atoms with van der Waals surface area (Å²) in [6, 6.07) is 6.36. The molecule has 82 valence electrons. The smallest absolute Gasteiger partial charge is 0.124 e. The molecule has 1 unspecified atom stereocenters. The van der Waals surface area contributed by atoms with Crippen molar-refractivity contribution in [3.05, 3.63) is 29.3 Å². The molecule has 0 saturated heterocycles. The van der Waals surface area contributed by atoms with Gasteiger partial charge in [-0.1, -0.05) is 24.6 Å². The minimum absolute atomic E-state index is 0.0956. The summed E-state index contributed by atoms with van der Waals surface area (Å²) in [4.78, 5) is 0. The topological polar surface area (TPSA) is 35.2 Å². The molecule has 1 aliphatic heterocycles. The van der Waals surface area contributed by atoms with Crippen LogP contribution in [0.2, 0.25) is 0 Å². The first-order valence-electron chi connectivity index (χ1n) is 5.59. The Kier molecular flexibility index (Phi) is 2.47. The van der Waals surface area contributed by atoms with Gasteiger partial charge in [0.15, 0.2) is 0 Å². The maximum atomic E-state index is 6.19. The molecule has 2 atom stereocenters. The standard InChI is InChI=1S/C13H19NO/c1-4-13(3)8-11(14)10-7-9(2)5-6-12(10)15-13/h5-7,11H,4,8,14H2,1-3H3/t11-,13?/m0/s1. The van der Waals surface area contributed by atoms with E-state index in [4.69, 9.17) is 10.5 Å². The maximum absolute atomic E-state index is 6.19. The van der Waals surface area contributed by atoms with Gasteiger partial charge in [0.1, 0.15) is 11.4 Å². The van der Waals surface area contributed by atoms with Crippen molar-refractivity contribution in [2.45, 2.75) is 45.3 Å². The monoisotopic (exact) mass is 205 g/mol. The van der Waals surface area contributed by atoms with Crippen molar-refractivity contribution >= 4 is 0 Å². The summed E-state index contributed by atoms with van der Waals surface area (Å²) in [6.45, 7) is 6.36. The van der Waals surface area contributed by atoms with Crippen LogP contribution in [-0.2, 0) is 0 Å². The molecule has 15 heavy (non-hydrogen) atoms. The zero-order valence-corrected chi connectivity index (χ0v) is 9.71. The van der Waals surface area contributed by atoms with E-state index in [1.807, 2.05) is 6.07 Å². The highest BCUT2D eigenvalue weighted by molar-refractivity contribution is 5.41. The average molecular weight is 205 g/mol. The average Bonchev–Trinajstić information content (AvgIpc) is 2.20. The van der Waals surface area contributed by atoms with E-state index in [1.165, 1.54) is 5.56 Å². The van der Waals surface area contributed by atoms with Crippen LogP contribution in [0.4, 0.5) is 0 Å². The molecule has 0 aromatic heterocycles. The molecule has 0 bridgehead atoms. The maximum Gasteiger partial charge on any atom is 0.124 e. The molecule has 1 aromatic carbocycles. The van der Waals surface area contributed by atoms with Crippen LogP contribution in [-0.4, -0.2) is 5.60 Å². The predicted octanol–water partition coefficient (Wildman–Crippen LogP) is 2.95. The summed E-state index contributed by atoms with van der Waals surface area (Å²) in [5.41, 5.74) is 8.49. The third-order valence-corrected chi connectivity index (χ3v) is 3.32. The Balaban J connectivity index is 2.41. The first kappa shape index (κ1) is 10.5. The first-order chi connectivity index (χ1) is 7.04. The molecule has 0 aliphatic carbocycles. The van der Waals surface area contributed by atoms with E-state index >= 15 is 0 Å². The number of hydrogen-bond donors (Lipinski definition) is 1. The lowest BCUT2D eigenvalue weighted by Gasteiger charge is -2.38. The van der Waals surface area contributed by atoms with Crippen LogP contribution in [0.5, 0.6) is 5.75 Å². The summed E-state index contributed by atoms with van der Waals surface area (Å²) < 4.78 is 6.01. The molecule has 2 rings (SSSR count). The van der Waals surface area contributed by atoms with Crippen molar-refractivity contribution in [3.8, 4) is 5.75 Å². The lowest BCUT2D eigenvalue weighted by molar-refractivity contribution is 0.0503. The molecule has 2 heteroatoms. The van der Waals surface area contributed by atoms with Crippen LogP contribution in [0.25, 0.3) is 0 Å². The zero-order chi connectivity index (χ0) is 11.1. The van der Waals surface area contributed by atoms with Crippen LogP contribution < -0.4 is 10.5 Å². The quantitative estimate of drug-likeness (QED) is 0.765. The molecule has 0 radical (unpaired) electrons. The normalized spacial score (nSPS) is 29.5. The molecule has 0 saturated carbocycles. The molecular formula is C13H19NO. The lowest BCUT2D eigenvalue weighted by Crippen LogP contribution is -2.39. The van der Waals surface area contributed by atoms with Gasteiger partial charge in [0.2, 0.25) is 0 Å². The summed E-state index contributed by atoms with van der Waals surface area (Å²) in [7, 11) is 0. The zero-order valence-electron chi connectivity index (χ0n) is 9.71. The van der Waals surface area contributed by atoms with Gasteiger partial charge in [-0.3, -0.25) is 0 Å². The molecule has 0 fully saturated rings. The Bertz CT molecular complexity index is 375. The number of hydrogen-bond acceptors (Lipinski definition) is 2. The highest BCUT2D eigenvalue weighted by Gasteiger charge is 2.34.